The van der Waals surface area contributed by atoms with Crippen molar-refractivity contribution >= 4 is 33.6 Å². The van der Waals surface area contributed by atoms with Crippen LogP contribution in [0.1, 0.15) is 33.9 Å². The predicted octanol–water partition coefficient (Wildman–Crippen LogP) is 3.21. The molecule has 5 rings (SSSR count). The molecule has 3 aliphatic heterocycles. The van der Waals surface area contributed by atoms with Gasteiger partial charge in [0.1, 0.15) is 12.8 Å². The molecule has 0 bridgehead atoms. The monoisotopic (exact) mass is 441 g/mol. The van der Waals surface area contributed by atoms with Crippen LogP contribution in [0.25, 0.3) is 6.08 Å². The lowest BCUT2D eigenvalue weighted by Crippen LogP contribution is -2.57. The van der Waals surface area contributed by atoms with Crippen LogP contribution in [-0.4, -0.2) is 32.3 Å². The summed E-state index contributed by atoms with van der Waals surface area (Å²) in [5.41, 5.74) is 10.9. The summed E-state index contributed by atoms with van der Waals surface area (Å²) in [4.78, 5) is 15.0. The van der Waals surface area contributed by atoms with Gasteiger partial charge >= 0.3 is 0 Å². The lowest BCUT2D eigenvalue weighted by atomic mass is 9.90. The molecule has 0 fully saturated rings. The van der Waals surface area contributed by atoms with Crippen LogP contribution < -0.4 is 25.4 Å². The van der Waals surface area contributed by atoms with Crippen molar-refractivity contribution in [3.63, 3.8) is 0 Å². The van der Waals surface area contributed by atoms with Gasteiger partial charge in [-0.25, -0.2) is 0 Å². The van der Waals surface area contributed by atoms with Crippen molar-refractivity contribution in [2.75, 3.05) is 25.2 Å². The fraction of sp³-hybridized carbons (Fsp3) is 0.286. The van der Waals surface area contributed by atoms with Gasteiger partial charge in [0.25, 0.3) is 5.91 Å². The maximum absolute atomic E-state index is 12.8. The van der Waals surface area contributed by atoms with Gasteiger partial charge in [0.15, 0.2) is 11.5 Å². The Hall–Kier alpha value is -2.51. The number of carbonyl (C=O) groups is 1. The Morgan fingerprint density at radius 3 is 3.04 bits per heavy atom. The average molecular weight is 442 g/mol. The standard InChI is InChI=1S/C21H20BrN3O3/c1-27-17-9-13(22)8-11-7-12(10-28-19(11)17)20-24-21(26)15-4-2-3-14-16(23)5-6-25(20)18(14)15/h2-4,7-9,16,20H,5-6,10,23H2,1H3,(H,24,26)/t16-,20+/m1/s1. The molecular formula is C21H20BrN3O3. The number of hydrogen-bond acceptors (Lipinski definition) is 5. The molecule has 0 saturated carbocycles. The summed E-state index contributed by atoms with van der Waals surface area (Å²) in [5, 5.41) is 3.15. The van der Waals surface area contributed by atoms with Gasteiger partial charge in [-0.1, -0.05) is 28.1 Å². The van der Waals surface area contributed by atoms with Gasteiger partial charge in [-0.05, 0) is 36.3 Å². The van der Waals surface area contributed by atoms with Crippen LogP contribution in [0.3, 0.4) is 0 Å². The van der Waals surface area contributed by atoms with E-state index in [9.17, 15) is 4.79 Å². The molecule has 2 aromatic carbocycles. The molecule has 0 aliphatic carbocycles. The Kier molecular flexibility index (Phi) is 4.10. The molecule has 3 N–H and O–H groups in total. The van der Waals surface area contributed by atoms with E-state index in [0.717, 1.165) is 45.6 Å². The number of nitrogens with zero attached hydrogens (tertiary/aromatic N) is 1. The Morgan fingerprint density at radius 1 is 1.36 bits per heavy atom. The number of rotatable bonds is 2. The number of ether oxygens (including phenoxy) is 2. The maximum atomic E-state index is 12.8. The number of nitrogens with two attached hydrogens (primary N) is 1. The van der Waals surface area contributed by atoms with E-state index in [2.05, 4.69) is 32.2 Å². The minimum Gasteiger partial charge on any atom is -0.493 e. The van der Waals surface area contributed by atoms with Gasteiger partial charge in [-0.15, -0.1) is 0 Å². The number of carbonyl (C=O) groups excluding carboxylic acids is 1. The van der Waals surface area contributed by atoms with Gasteiger partial charge in [-0.3, -0.25) is 4.79 Å². The Balaban J connectivity index is 1.60. The molecule has 0 unspecified atom stereocenters. The zero-order valence-electron chi connectivity index (χ0n) is 15.4. The first-order valence-electron chi connectivity index (χ1n) is 9.23. The third-order valence-corrected chi connectivity index (χ3v) is 6.06. The van der Waals surface area contributed by atoms with Crippen molar-refractivity contribution < 1.29 is 14.3 Å². The minimum atomic E-state index is -0.258. The number of nitrogens with one attached hydrogen (secondary N) is 1. The van der Waals surface area contributed by atoms with Gasteiger partial charge < -0.3 is 25.4 Å². The van der Waals surface area contributed by atoms with E-state index in [1.54, 1.807) is 7.11 Å². The van der Waals surface area contributed by atoms with E-state index >= 15 is 0 Å². The summed E-state index contributed by atoms with van der Waals surface area (Å²) in [6.07, 6.45) is 2.67. The Labute approximate surface area is 171 Å². The SMILES string of the molecule is COc1cc(Br)cc2c1OCC([C@H]1NC(=O)c3cccc4c3N1CC[C@H]4N)=C2. The van der Waals surface area contributed by atoms with E-state index in [1.807, 2.05) is 30.3 Å². The number of amides is 1. The molecule has 0 saturated heterocycles. The zero-order valence-corrected chi connectivity index (χ0v) is 17.0. The van der Waals surface area contributed by atoms with Crippen LogP contribution in [0, 0.1) is 0 Å². The fourth-order valence-electron chi connectivity index (χ4n) is 4.30. The summed E-state index contributed by atoms with van der Waals surface area (Å²) >= 11 is 3.52. The number of halogens is 1. The van der Waals surface area contributed by atoms with Crippen molar-refractivity contribution in [1.29, 1.82) is 0 Å². The highest BCUT2D eigenvalue weighted by molar-refractivity contribution is 9.10. The van der Waals surface area contributed by atoms with E-state index in [0.29, 0.717) is 17.9 Å². The lowest BCUT2D eigenvalue weighted by molar-refractivity contribution is 0.0930. The van der Waals surface area contributed by atoms with E-state index in [1.165, 1.54) is 0 Å². The maximum Gasteiger partial charge on any atom is 0.255 e. The third-order valence-electron chi connectivity index (χ3n) is 5.60. The molecule has 144 valence electrons. The van der Waals surface area contributed by atoms with Crippen molar-refractivity contribution in [3.05, 3.63) is 57.1 Å². The van der Waals surface area contributed by atoms with Gasteiger partial charge in [0.05, 0.1) is 18.4 Å². The van der Waals surface area contributed by atoms with Crippen LogP contribution >= 0.6 is 15.9 Å². The number of fused-ring (bicyclic) bond motifs is 1. The largest absolute Gasteiger partial charge is 0.493 e. The molecule has 0 radical (unpaired) electrons. The van der Waals surface area contributed by atoms with Crippen LogP contribution in [0.2, 0.25) is 0 Å². The first-order valence-corrected chi connectivity index (χ1v) is 10.0. The van der Waals surface area contributed by atoms with Crippen molar-refractivity contribution in [2.45, 2.75) is 18.6 Å². The molecule has 2 aromatic rings. The van der Waals surface area contributed by atoms with Gasteiger partial charge in [0.2, 0.25) is 0 Å². The quantitative estimate of drug-likeness (QED) is 0.747. The second-order valence-electron chi connectivity index (χ2n) is 7.24. The fourth-order valence-corrected chi connectivity index (χ4v) is 4.75. The van der Waals surface area contributed by atoms with Crippen LogP contribution in [0.4, 0.5) is 5.69 Å². The lowest BCUT2D eigenvalue weighted by Gasteiger charge is -2.45. The molecule has 0 spiro atoms. The normalized spacial score (nSPS) is 22.5. The number of methoxy groups -OCH3 is 1. The average Bonchev–Trinajstić information content (AvgIpc) is 2.71. The zero-order chi connectivity index (χ0) is 19.4. The van der Waals surface area contributed by atoms with Crippen LogP contribution in [-0.2, 0) is 0 Å². The molecule has 0 aromatic heterocycles. The molecule has 3 aliphatic rings. The second kappa shape index (κ2) is 6.53. The minimum absolute atomic E-state index is 0.0460. The molecule has 28 heavy (non-hydrogen) atoms. The third kappa shape index (κ3) is 2.61. The molecule has 2 atom stereocenters. The smallest absolute Gasteiger partial charge is 0.255 e. The van der Waals surface area contributed by atoms with Crippen LogP contribution in [0.15, 0.2) is 40.4 Å². The van der Waals surface area contributed by atoms with Crippen molar-refractivity contribution in [3.8, 4) is 11.5 Å². The Morgan fingerprint density at radius 2 is 2.21 bits per heavy atom. The highest BCUT2D eigenvalue weighted by Gasteiger charge is 2.38. The molecule has 3 heterocycles. The van der Waals surface area contributed by atoms with Crippen molar-refractivity contribution in [1.82, 2.24) is 5.32 Å². The number of hydrogen-bond donors (Lipinski definition) is 2. The van der Waals surface area contributed by atoms with E-state index in [4.69, 9.17) is 15.2 Å². The summed E-state index contributed by atoms with van der Waals surface area (Å²) in [5.74, 6) is 1.33. The van der Waals surface area contributed by atoms with E-state index < -0.39 is 0 Å². The molecule has 1 amide bonds. The number of benzene rings is 2. The summed E-state index contributed by atoms with van der Waals surface area (Å²) < 4.78 is 12.4. The van der Waals surface area contributed by atoms with Crippen LogP contribution in [0.5, 0.6) is 11.5 Å². The second-order valence-corrected chi connectivity index (χ2v) is 8.16. The first-order chi connectivity index (χ1) is 13.6. The highest BCUT2D eigenvalue weighted by Crippen LogP contribution is 2.42. The summed E-state index contributed by atoms with van der Waals surface area (Å²) in [6, 6.07) is 9.62. The molecule has 7 heteroatoms. The van der Waals surface area contributed by atoms with Gasteiger partial charge in [0, 0.05) is 28.2 Å². The number of anilines is 1. The van der Waals surface area contributed by atoms with Gasteiger partial charge in [-0.2, -0.15) is 0 Å². The summed E-state index contributed by atoms with van der Waals surface area (Å²) in [6.45, 7) is 1.16. The number of para-hydroxylation sites is 1. The predicted molar refractivity (Wildman–Crippen MR) is 111 cm³/mol. The Bertz CT molecular complexity index is 1020. The van der Waals surface area contributed by atoms with E-state index in [-0.39, 0.29) is 18.1 Å². The van der Waals surface area contributed by atoms with Crippen molar-refractivity contribution in [2.24, 2.45) is 5.73 Å². The highest BCUT2D eigenvalue weighted by atomic mass is 79.9. The molecule has 6 nitrogen and oxygen atoms in total. The summed E-state index contributed by atoms with van der Waals surface area (Å²) in [7, 11) is 1.63. The molecular weight excluding hydrogens is 422 g/mol. The first kappa shape index (κ1) is 17.6. The topological polar surface area (TPSA) is 76.8 Å².